The van der Waals surface area contributed by atoms with Crippen LogP contribution in [0.3, 0.4) is 0 Å². The Bertz CT molecular complexity index is 592. The van der Waals surface area contributed by atoms with Crippen molar-refractivity contribution >= 4 is 0 Å². The molecule has 1 aliphatic carbocycles. The van der Waals surface area contributed by atoms with Crippen LogP contribution in [0.1, 0.15) is 18.4 Å². The van der Waals surface area contributed by atoms with Crippen molar-refractivity contribution in [3.8, 4) is 11.5 Å². The molecule has 0 amide bonds. The van der Waals surface area contributed by atoms with Gasteiger partial charge in [0.2, 0.25) is 0 Å². The number of aliphatic hydroxyl groups excluding tert-OH is 1. The average molecular weight is 305 g/mol. The van der Waals surface area contributed by atoms with E-state index in [1.165, 1.54) is 5.56 Å². The van der Waals surface area contributed by atoms with Gasteiger partial charge in [0.25, 0.3) is 0 Å². The second kappa shape index (κ2) is 4.85. The van der Waals surface area contributed by atoms with E-state index in [9.17, 15) is 5.11 Å². The maximum Gasteiger partial charge on any atom is 0.161 e. The number of rotatable bonds is 3. The molecule has 4 rings (SSSR count). The Hall–Kier alpha value is -1.30. The molecule has 22 heavy (non-hydrogen) atoms. The highest BCUT2D eigenvalue weighted by molar-refractivity contribution is 5.48. The third kappa shape index (κ3) is 1.76. The number of likely N-dealkylation sites (N-methyl/N-ethyl adjacent to an activating group) is 1. The minimum Gasteiger partial charge on any atom is -0.493 e. The zero-order chi connectivity index (χ0) is 15.5. The molecular weight excluding hydrogens is 282 g/mol. The van der Waals surface area contributed by atoms with Crippen LogP contribution in [0.4, 0.5) is 0 Å². The number of aliphatic hydroxyl groups is 1. The Morgan fingerprint density at radius 1 is 1.27 bits per heavy atom. The summed E-state index contributed by atoms with van der Waals surface area (Å²) < 4.78 is 16.7. The minimum absolute atomic E-state index is 0.00385. The lowest BCUT2D eigenvalue weighted by molar-refractivity contribution is 0.0768. The highest BCUT2D eigenvalue weighted by atomic mass is 16.6. The molecule has 0 spiro atoms. The lowest BCUT2D eigenvalue weighted by atomic mass is 9.65. The first kappa shape index (κ1) is 14.3. The number of benzene rings is 1. The van der Waals surface area contributed by atoms with E-state index in [1.54, 1.807) is 14.2 Å². The SMILES string of the molecule is COc1ccc([C@]23CCN(C)[C@H]2C[C@H](O)[C@H]2O[C@H]23)cc1OC. The third-order valence-corrected chi connectivity index (χ3v) is 5.80. The third-order valence-electron chi connectivity index (χ3n) is 5.80. The van der Waals surface area contributed by atoms with Crippen molar-refractivity contribution in [2.75, 3.05) is 27.8 Å². The van der Waals surface area contributed by atoms with Crippen molar-refractivity contribution in [3.05, 3.63) is 23.8 Å². The molecule has 5 atom stereocenters. The molecule has 1 saturated carbocycles. The van der Waals surface area contributed by atoms with E-state index in [-0.39, 0.29) is 23.7 Å². The molecule has 1 N–H and O–H groups in total. The lowest BCUT2D eigenvalue weighted by Crippen LogP contribution is -2.52. The number of hydrogen-bond acceptors (Lipinski definition) is 5. The van der Waals surface area contributed by atoms with Gasteiger partial charge in [-0.05, 0) is 44.1 Å². The first-order valence-corrected chi connectivity index (χ1v) is 7.88. The normalized spacial score (nSPS) is 40.0. The quantitative estimate of drug-likeness (QED) is 0.850. The van der Waals surface area contributed by atoms with Crippen molar-refractivity contribution < 1.29 is 19.3 Å². The fraction of sp³-hybridized carbons (Fsp3) is 0.647. The van der Waals surface area contributed by atoms with Gasteiger partial charge in [0.1, 0.15) is 6.10 Å². The van der Waals surface area contributed by atoms with Crippen molar-refractivity contribution in [2.45, 2.75) is 42.6 Å². The average Bonchev–Trinajstić information content (AvgIpc) is 3.29. The summed E-state index contributed by atoms with van der Waals surface area (Å²) in [5, 5.41) is 10.2. The summed E-state index contributed by atoms with van der Waals surface area (Å²) in [5.41, 5.74) is 1.19. The van der Waals surface area contributed by atoms with Crippen molar-refractivity contribution in [1.82, 2.24) is 4.90 Å². The Labute approximate surface area is 130 Å². The molecule has 2 heterocycles. The van der Waals surface area contributed by atoms with Crippen LogP contribution < -0.4 is 9.47 Å². The van der Waals surface area contributed by atoms with Gasteiger partial charge in [-0.15, -0.1) is 0 Å². The fourth-order valence-electron chi connectivity index (χ4n) is 4.62. The van der Waals surface area contributed by atoms with Crippen LogP contribution in [0.2, 0.25) is 0 Å². The van der Waals surface area contributed by atoms with Crippen molar-refractivity contribution in [2.24, 2.45) is 0 Å². The van der Waals surface area contributed by atoms with Gasteiger partial charge in [-0.1, -0.05) is 6.07 Å². The van der Waals surface area contributed by atoms with E-state index in [0.717, 1.165) is 30.9 Å². The molecule has 3 fully saturated rings. The Kier molecular flexibility index (Phi) is 3.15. The second-order valence-electron chi connectivity index (χ2n) is 6.68. The molecule has 0 aromatic heterocycles. The topological polar surface area (TPSA) is 54.5 Å². The first-order valence-electron chi connectivity index (χ1n) is 7.88. The zero-order valence-electron chi connectivity index (χ0n) is 13.3. The molecule has 1 aromatic rings. The van der Waals surface area contributed by atoms with Crippen molar-refractivity contribution in [3.63, 3.8) is 0 Å². The smallest absolute Gasteiger partial charge is 0.161 e. The highest BCUT2D eigenvalue weighted by Crippen LogP contribution is 2.57. The minimum atomic E-state index is -0.344. The van der Waals surface area contributed by atoms with Gasteiger partial charge in [-0.2, -0.15) is 0 Å². The number of methoxy groups -OCH3 is 2. The number of likely N-dealkylation sites (tertiary alicyclic amines) is 1. The Balaban J connectivity index is 1.79. The van der Waals surface area contributed by atoms with E-state index in [1.807, 2.05) is 6.07 Å². The summed E-state index contributed by atoms with van der Waals surface area (Å²) in [5.74, 6) is 1.50. The van der Waals surface area contributed by atoms with Crippen LogP contribution in [-0.4, -0.2) is 62.2 Å². The molecule has 5 heteroatoms. The summed E-state index contributed by atoms with van der Waals surface area (Å²) in [4.78, 5) is 2.36. The van der Waals surface area contributed by atoms with E-state index in [4.69, 9.17) is 14.2 Å². The van der Waals surface area contributed by atoms with Gasteiger partial charge in [-0.25, -0.2) is 0 Å². The molecule has 0 unspecified atom stereocenters. The second-order valence-corrected chi connectivity index (χ2v) is 6.68. The molecule has 2 aliphatic heterocycles. The van der Waals surface area contributed by atoms with Crippen LogP contribution in [0.25, 0.3) is 0 Å². The lowest BCUT2D eigenvalue weighted by Gasteiger charge is -2.41. The van der Waals surface area contributed by atoms with Gasteiger partial charge in [0, 0.05) is 11.5 Å². The molecule has 1 aromatic carbocycles. The molecule has 0 bridgehead atoms. The molecular formula is C17H23NO4. The predicted octanol–water partition coefficient (Wildman–Crippen LogP) is 1.18. The summed E-state index contributed by atoms with van der Waals surface area (Å²) in [6, 6.07) is 6.50. The number of epoxide rings is 1. The fourth-order valence-corrected chi connectivity index (χ4v) is 4.62. The number of fused-ring (bicyclic) bond motifs is 3. The summed E-state index contributed by atoms with van der Waals surface area (Å²) >= 11 is 0. The predicted molar refractivity (Wildman–Crippen MR) is 81.5 cm³/mol. The van der Waals surface area contributed by atoms with E-state index < -0.39 is 0 Å². The molecule has 0 radical (unpaired) electrons. The van der Waals surface area contributed by atoms with E-state index in [0.29, 0.717) is 6.04 Å². The number of ether oxygens (including phenoxy) is 3. The van der Waals surface area contributed by atoms with Gasteiger partial charge < -0.3 is 24.2 Å². The summed E-state index contributed by atoms with van der Waals surface area (Å²) in [6.45, 7) is 1.03. The largest absolute Gasteiger partial charge is 0.493 e. The molecule has 120 valence electrons. The standard InChI is InChI=1S/C17H23NO4/c1-18-7-6-17(14(18)9-11(19)15-16(17)22-15)10-4-5-12(20-2)13(8-10)21-3/h4-5,8,11,14-16,19H,6-7,9H2,1-3H3/t11-,14-,15+,16+,17+/m0/s1. The monoisotopic (exact) mass is 305 g/mol. The van der Waals surface area contributed by atoms with Crippen LogP contribution in [0.15, 0.2) is 18.2 Å². The van der Waals surface area contributed by atoms with Gasteiger partial charge in [-0.3, -0.25) is 0 Å². The van der Waals surface area contributed by atoms with Crippen LogP contribution in [-0.2, 0) is 10.2 Å². The van der Waals surface area contributed by atoms with Gasteiger partial charge in [0.05, 0.1) is 26.4 Å². The molecule has 5 nitrogen and oxygen atoms in total. The maximum atomic E-state index is 10.2. The zero-order valence-corrected chi connectivity index (χ0v) is 13.3. The number of hydrogen-bond donors (Lipinski definition) is 1. The highest BCUT2D eigenvalue weighted by Gasteiger charge is 2.67. The van der Waals surface area contributed by atoms with Crippen LogP contribution in [0, 0.1) is 0 Å². The van der Waals surface area contributed by atoms with Crippen molar-refractivity contribution in [1.29, 1.82) is 0 Å². The summed E-state index contributed by atoms with van der Waals surface area (Å²) in [6.07, 6.45) is 1.59. The van der Waals surface area contributed by atoms with Crippen LogP contribution in [0.5, 0.6) is 11.5 Å². The summed E-state index contributed by atoms with van der Waals surface area (Å²) in [7, 11) is 5.46. The molecule has 2 saturated heterocycles. The van der Waals surface area contributed by atoms with Crippen LogP contribution >= 0.6 is 0 Å². The van der Waals surface area contributed by atoms with E-state index in [2.05, 4.69) is 24.1 Å². The molecule has 3 aliphatic rings. The Morgan fingerprint density at radius 3 is 2.77 bits per heavy atom. The maximum absolute atomic E-state index is 10.2. The van der Waals surface area contributed by atoms with E-state index >= 15 is 0 Å². The number of nitrogens with zero attached hydrogens (tertiary/aromatic N) is 1. The van der Waals surface area contributed by atoms with Gasteiger partial charge >= 0.3 is 0 Å². The Morgan fingerprint density at radius 2 is 2.05 bits per heavy atom. The first-order chi connectivity index (χ1) is 10.6. The van der Waals surface area contributed by atoms with Gasteiger partial charge in [0.15, 0.2) is 11.5 Å².